The highest BCUT2D eigenvalue weighted by Crippen LogP contribution is 2.13. The maximum atomic E-state index is 11.9. The highest BCUT2D eigenvalue weighted by atomic mass is 32.2. The molecule has 0 saturated heterocycles. The molecule has 0 bridgehead atoms. The van der Waals surface area contributed by atoms with Gasteiger partial charge in [-0.3, -0.25) is 0 Å². The lowest BCUT2D eigenvalue weighted by Crippen LogP contribution is -2.23. The first-order valence-corrected chi connectivity index (χ1v) is 6.32. The SMILES string of the molecule is Nc1ccc(S(=O)(=O)N=c2ncccn2O)cc1. The van der Waals surface area contributed by atoms with Gasteiger partial charge >= 0.3 is 0 Å². The van der Waals surface area contributed by atoms with Crippen LogP contribution >= 0.6 is 0 Å². The van der Waals surface area contributed by atoms with Crippen LogP contribution in [-0.4, -0.2) is 23.3 Å². The van der Waals surface area contributed by atoms with E-state index < -0.39 is 10.0 Å². The van der Waals surface area contributed by atoms with Gasteiger partial charge in [-0.1, -0.05) is 0 Å². The van der Waals surface area contributed by atoms with Gasteiger partial charge in [-0.2, -0.15) is 13.1 Å². The number of nitrogen functional groups attached to an aromatic ring is 1. The number of aromatic nitrogens is 2. The van der Waals surface area contributed by atoms with Crippen molar-refractivity contribution in [2.24, 2.45) is 4.40 Å². The van der Waals surface area contributed by atoms with E-state index in [-0.39, 0.29) is 10.5 Å². The monoisotopic (exact) mass is 266 g/mol. The summed E-state index contributed by atoms with van der Waals surface area (Å²) in [5.41, 5.74) is 5.59. The third-order valence-electron chi connectivity index (χ3n) is 2.09. The van der Waals surface area contributed by atoms with E-state index in [1.54, 1.807) is 0 Å². The number of sulfonamides is 1. The minimum atomic E-state index is -3.93. The predicted molar refractivity (Wildman–Crippen MR) is 63.0 cm³/mol. The second-order valence-corrected chi connectivity index (χ2v) is 5.00. The second-order valence-electron chi connectivity index (χ2n) is 3.40. The highest BCUT2D eigenvalue weighted by Gasteiger charge is 2.12. The molecule has 2 rings (SSSR count). The molecule has 18 heavy (non-hydrogen) atoms. The first-order valence-electron chi connectivity index (χ1n) is 4.88. The average Bonchev–Trinajstić information content (AvgIpc) is 2.32. The van der Waals surface area contributed by atoms with Gasteiger partial charge < -0.3 is 10.9 Å². The summed E-state index contributed by atoms with van der Waals surface area (Å²) in [6.07, 6.45) is 2.55. The number of rotatable bonds is 2. The number of nitrogens with two attached hydrogens (primary N) is 1. The molecule has 3 N–H and O–H groups in total. The lowest BCUT2D eigenvalue weighted by Gasteiger charge is -2.00. The van der Waals surface area contributed by atoms with Crippen molar-refractivity contribution < 1.29 is 13.6 Å². The molecule has 1 aromatic carbocycles. The maximum absolute atomic E-state index is 11.9. The van der Waals surface area contributed by atoms with Crippen LogP contribution in [0.15, 0.2) is 52.0 Å². The summed E-state index contributed by atoms with van der Waals surface area (Å²) in [5, 5.41) is 9.34. The van der Waals surface area contributed by atoms with Crippen LogP contribution in [0.1, 0.15) is 0 Å². The maximum Gasteiger partial charge on any atom is 0.285 e. The molecule has 0 amide bonds. The Balaban J connectivity index is 2.55. The molecule has 7 nitrogen and oxygen atoms in total. The topological polar surface area (TPSA) is 111 Å². The molecule has 94 valence electrons. The van der Waals surface area contributed by atoms with Gasteiger partial charge in [0.1, 0.15) is 0 Å². The molecule has 0 spiro atoms. The molecule has 1 aromatic heterocycles. The van der Waals surface area contributed by atoms with Crippen molar-refractivity contribution in [2.75, 3.05) is 5.73 Å². The number of hydrogen-bond donors (Lipinski definition) is 2. The van der Waals surface area contributed by atoms with Gasteiger partial charge in [0.15, 0.2) is 0 Å². The molecule has 0 aliphatic rings. The minimum absolute atomic E-state index is 0.0256. The molecule has 0 saturated carbocycles. The number of benzene rings is 1. The zero-order valence-corrected chi connectivity index (χ0v) is 9.95. The van der Waals surface area contributed by atoms with E-state index in [1.807, 2.05) is 0 Å². The quantitative estimate of drug-likeness (QED) is 0.586. The van der Waals surface area contributed by atoms with Gasteiger partial charge in [-0.25, -0.2) is 4.98 Å². The molecule has 0 fully saturated rings. The normalized spacial score (nSPS) is 12.6. The Morgan fingerprint density at radius 3 is 2.56 bits per heavy atom. The molecule has 0 radical (unpaired) electrons. The van der Waals surface area contributed by atoms with Crippen LogP contribution in [0.2, 0.25) is 0 Å². The van der Waals surface area contributed by atoms with Gasteiger partial charge in [-0.05, 0) is 30.3 Å². The fourth-order valence-electron chi connectivity index (χ4n) is 1.22. The van der Waals surface area contributed by atoms with Crippen LogP contribution in [0, 0.1) is 0 Å². The van der Waals surface area contributed by atoms with Crippen molar-refractivity contribution in [2.45, 2.75) is 4.90 Å². The summed E-state index contributed by atoms with van der Waals surface area (Å²) in [6.45, 7) is 0. The molecular weight excluding hydrogens is 256 g/mol. The van der Waals surface area contributed by atoms with Crippen molar-refractivity contribution in [3.05, 3.63) is 48.3 Å². The standard InChI is InChI=1S/C10H10N4O3S/c11-8-2-4-9(5-3-8)18(16,17)13-10-12-6-1-7-14(10)15/h1-7,15H,11H2. The van der Waals surface area contributed by atoms with Gasteiger partial charge in [0.05, 0.1) is 4.90 Å². The smallest absolute Gasteiger partial charge is 0.285 e. The Labute approximate surface area is 103 Å². The molecule has 0 aliphatic heterocycles. The van der Waals surface area contributed by atoms with Crippen LogP contribution in [0.4, 0.5) is 5.69 Å². The molecule has 0 aliphatic carbocycles. The van der Waals surface area contributed by atoms with E-state index in [9.17, 15) is 13.6 Å². The average molecular weight is 266 g/mol. The third-order valence-corrected chi connectivity index (χ3v) is 3.36. The van der Waals surface area contributed by atoms with E-state index in [1.165, 1.54) is 42.7 Å². The lowest BCUT2D eigenvalue weighted by atomic mass is 10.3. The second kappa shape index (κ2) is 4.49. The van der Waals surface area contributed by atoms with Crippen molar-refractivity contribution in [1.82, 2.24) is 9.71 Å². The predicted octanol–water partition coefficient (Wildman–Crippen LogP) is -0.00780. The van der Waals surface area contributed by atoms with Crippen LogP contribution in [-0.2, 0) is 10.0 Å². The van der Waals surface area contributed by atoms with E-state index in [0.29, 0.717) is 10.4 Å². The number of hydrogen-bond acceptors (Lipinski definition) is 5. The molecule has 2 aromatic rings. The summed E-state index contributed by atoms with van der Waals surface area (Å²) < 4.78 is 27.7. The van der Waals surface area contributed by atoms with Crippen LogP contribution < -0.4 is 11.4 Å². The van der Waals surface area contributed by atoms with Crippen molar-refractivity contribution in [1.29, 1.82) is 0 Å². The van der Waals surface area contributed by atoms with Crippen molar-refractivity contribution >= 4 is 15.7 Å². The Hall–Kier alpha value is -2.35. The summed E-state index contributed by atoms with van der Waals surface area (Å²) in [4.78, 5) is 3.62. The Morgan fingerprint density at radius 1 is 1.28 bits per heavy atom. The third kappa shape index (κ3) is 2.48. The van der Waals surface area contributed by atoms with Gasteiger partial charge in [0.2, 0.25) is 0 Å². The summed E-state index contributed by atoms with van der Waals surface area (Å²) in [6, 6.07) is 7.01. The minimum Gasteiger partial charge on any atom is -0.425 e. The lowest BCUT2D eigenvalue weighted by molar-refractivity contribution is 0.167. The summed E-state index contributed by atoms with van der Waals surface area (Å²) in [5.74, 6) is 0. The van der Waals surface area contributed by atoms with E-state index in [2.05, 4.69) is 9.38 Å². The zero-order valence-electron chi connectivity index (χ0n) is 9.13. The molecule has 0 atom stereocenters. The molecule has 8 heteroatoms. The van der Waals surface area contributed by atoms with Crippen molar-refractivity contribution in [3.8, 4) is 0 Å². The Morgan fingerprint density at radius 2 is 1.94 bits per heavy atom. The van der Waals surface area contributed by atoms with Crippen LogP contribution in [0.3, 0.4) is 0 Å². The van der Waals surface area contributed by atoms with Crippen molar-refractivity contribution in [3.63, 3.8) is 0 Å². The molecule has 1 heterocycles. The fraction of sp³-hybridized carbons (Fsp3) is 0. The number of anilines is 1. The van der Waals surface area contributed by atoms with Gasteiger partial charge in [-0.15, -0.1) is 4.40 Å². The molecular formula is C10H10N4O3S. The van der Waals surface area contributed by atoms with Gasteiger partial charge in [0.25, 0.3) is 15.6 Å². The van der Waals surface area contributed by atoms with E-state index in [4.69, 9.17) is 5.73 Å². The highest BCUT2D eigenvalue weighted by molar-refractivity contribution is 7.90. The first-order chi connectivity index (χ1) is 8.49. The first kappa shape index (κ1) is 12.1. The van der Waals surface area contributed by atoms with Gasteiger partial charge in [0, 0.05) is 18.1 Å². The van der Waals surface area contributed by atoms with E-state index >= 15 is 0 Å². The van der Waals surface area contributed by atoms with Crippen LogP contribution in [0.5, 0.6) is 0 Å². The Bertz CT molecular complexity index is 719. The zero-order chi connectivity index (χ0) is 13.2. The number of nitrogens with zero attached hydrogens (tertiary/aromatic N) is 3. The van der Waals surface area contributed by atoms with Crippen LogP contribution in [0.25, 0.3) is 0 Å². The summed E-state index contributed by atoms with van der Waals surface area (Å²) >= 11 is 0. The van der Waals surface area contributed by atoms with E-state index in [0.717, 1.165) is 0 Å². The summed E-state index contributed by atoms with van der Waals surface area (Å²) in [7, 11) is -3.93. The fourth-order valence-corrected chi connectivity index (χ4v) is 2.15. The molecule has 0 unspecified atom stereocenters. The Kier molecular flexibility index (Phi) is 3.02. The largest absolute Gasteiger partial charge is 0.425 e.